The van der Waals surface area contributed by atoms with E-state index >= 15 is 0 Å². The molecule has 0 amide bonds. The van der Waals surface area contributed by atoms with E-state index in [0.29, 0.717) is 12.5 Å². The highest BCUT2D eigenvalue weighted by molar-refractivity contribution is 5.15. The second kappa shape index (κ2) is 19.4. The number of hydrogen-bond acceptors (Lipinski definition) is 3. The topological polar surface area (TPSA) is 52.5 Å². The second-order valence-electron chi connectivity index (χ2n) is 6.99. The number of hydrogen-bond donors (Lipinski definition) is 3. The number of nitrogens with one attached hydrogen (secondary N) is 1. The number of β-amino-alcohol motifs (C(OH)–C–C–N with tert-alkyl or cyclic N) is 1. The lowest BCUT2D eigenvalue weighted by Crippen LogP contribution is -2.45. The molecule has 0 radical (unpaired) electrons. The van der Waals surface area contributed by atoms with E-state index in [9.17, 15) is 5.11 Å². The van der Waals surface area contributed by atoms with Crippen LogP contribution in [0.3, 0.4) is 0 Å². The Hall–Kier alpha value is -0.900. The molecular formula is C22H45NO2. The summed E-state index contributed by atoms with van der Waals surface area (Å²) in [5.41, 5.74) is 1.09. The minimum Gasteiger partial charge on any atom is -0.394 e. The van der Waals surface area contributed by atoms with Crippen LogP contribution in [0.5, 0.6) is 0 Å². The normalized spacial score (nSPS) is 13.2. The van der Waals surface area contributed by atoms with E-state index in [2.05, 4.69) is 46.2 Å². The zero-order valence-corrected chi connectivity index (χ0v) is 17.9. The molecule has 0 bridgehead atoms. The van der Waals surface area contributed by atoms with Crippen molar-refractivity contribution in [1.82, 2.24) is 5.32 Å². The lowest BCUT2D eigenvalue weighted by molar-refractivity contribution is 0.0858. The van der Waals surface area contributed by atoms with Gasteiger partial charge in [-0.05, 0) is 33.1 Å². The molecule has 0 aromatic carbocycles. The van der Waals surface area contributed by atoms with Gasteiger partial charge in [-0.3, -0.25) is 0 Å². The van der Waals surface area contributed by atoms with Crippen molar-refractivity contribution in [3.63, 3.8) is 0 Å². The Kier molecular flexibility index (Phi) is 22.4. The minimum absolute atomic E-state index is 0.0311. The van der Waals surface area contributed by atoms with Gasteiger partial charge in [-0.15, -0.1) is 0 Å². The van der Waals surface area contributed by atoms with Crippen molar-refractivity contribution in [2.45, 2.75) is 85.8 Å². The van der Waals surface area contributed by atoms with Gasteiger partial charge in [0.05, 0.1) is 12.7 Å². The SMILES string of the molecule is C=C/C=C\C(=C)C.CC.CCCCC(C)CC(C)(C)NCC(O)CO. The number of aliphatic hydroxyl groups is 2. The summed E-state index contributed by atoms with van der Waals surface area (Å²) in [6.45, 7) is 22.2. The lowest BCUT2D eigenvalue weighted by atomic mass is 9.88. The van der Waals surface area contributed by atoms with Gasteiger partial charge in [0.2, 0.25) is 0 Å². The lowest BCUT2D eigenvalue weighted by Gasteiger charge is -2.30. The maximum absolute atomic E-state index is 9.28. The number of rotatable bonds is 11. The predicted molar refractivity (Wildman–Crippen MR) is 114 cm³/mol. The molecule has 0 heterocycles. The van der Waals surface area contributed by atoms with E-state index < -0.39 is 6.10 Å². The van der Waals surface area contributed by atoms with E-state index in [-0.39, 0.29) is 12.1 Å². The third-order valence-electron chi connectivity index (χ3n) is 3.45. The average molecular weight is 356 g/mol. The molecule has 0 rings (SSSR count). The molecule has 0 aromatic rings. The first-order valence-electron chi connectivity index (χ1n) is 9.67. The molecule has 0 aliphatic rings. The second-order valence-corrected chi connectivity index (χ2v) is 6.99. The monoisotopic (exact) mass is 355 g/mol. The van der Waals surface area contributed by atoms with Crippen LogP contribution in [0.15, 0.2) is 37.0 Å². The van der Waals surface area contributed by atoms with E-state index in [1.807, 2.05) is 32.9 Å². The van der Waals surface area contributed by atoms with Crippen molar-refractivity contribution in [1.29, 1.82) is 0 Å². The largest absolute Gasteiger partial charge is 0.394 e. The fraction of sp³-hybridized carbons (Fsp3) is 0.727. The van der Waals surface area contributed by atoms with Crippen molar-refractivity contribution in [2.75, 3.05) is 13.2 Å². The summed E-state index contributed by atoms with van der Waals surface area (Å²) in [5.74, 6) is 0.703. The number of allylic oxidation sites excluding steroid dienone is 4. The smallest absolute Gasteiger partial charge is 0.0895 e. The van der Waals surface area contributed by atoms with Crippen LogP contribution in [0.4, 0.5) is 0 Å². The zero-order valence-electron chi connectivity index (χ0n) is 17.9. The summed E-state index contributed by atoms with van der Waals surface area (Å²) < 4.78 is 0. The molecule has 0 aromatic heterocycles. The fourth-order valence-corrected chi connectivity index (χ4v) is 2.29. The molecule has 0 spiro atoms. The van der Waals surface area contributed by atoms with Gasteiger partial charge in [-0.1, -0.05) is 83.9 Å². The Morgan fingerprint density at radius 3 is 2.20 bits per heavy atom. The molecule has 0 saturated carbocycles. The molecule has 3 nitrogen and oxygen atoms in total. The summed E-state index contributed by atoms with van der Waals surface area (Å²) in [5, 5.41) is 21.3. The van der Waals surface area contributed by atoms with Crippen LogP contribution in [-0.2, 0) is 0 Å². The number of aliphatic hydroxyl groups excluding tert-OH is 2. The quantitative estimate of drug-likeness (QED) is 0.443. The molecule has 0 saturated heterocycles. The zero-order chi connectivity index (χ0) is 20.3. The maximum Gasteiger partial charge on any atom is 0.0895 e. The first kappa shape index (κ1) is 28.9. The highest BCUT2D eigenvalue weighted by atomic mass is 16.3. The van der Waals surface area contributed by atoms with E-state index in [1.165, 1.54) is 19.3 Å². The van der Waals surface area contributed by atoms with Crippen LogP contribution in [0, 0.1) is 5.92 Å². The van der Waals surface area contributed by atoms with Gasteiger partial charge in [-0.2, -0.15) is 0 Å². The molecule has 0 aliphatic heterocycles. The van der Waals surface area contributed by atoms with Crippen molar-refractivity contribution < 1.29 is 10.2 Å². The molecular weight excluding hydrogens is 310 g/mol. The molecule has 25 heavy (non-hydrogen) atoms. The third-order valence-corrected chi connectivity index (χ3v) is 3.45. The van der Waals surface area contributed by atoms with Gasteiger partial charge >= 0.3 is 0 Å². The molecule has 0 aliphatic carbocycles. The summed E-state index contributed by atoms with van der Waals surface area (Å²) in [4.78, 5) is 0. The van der Waals surface area contributed by atoms with Crippen molar-refractivity contribution in [3.8, 4) is 0 Å². The fourth-order valence-electron chi connectivity index (χ4n) is 2.29. The standard InChI is InChI=1S/C13H29NO2.C7H10.C2H6/c1-5-6-7-11(2)8-13(3,4)14-9-12(16)10-15;1-4-5-6-7(2)3;1-2/h11-12,14-16H,5-10H2,1-4H3;4-6H,1-2H2,3H3;1-2H3/b;6-5-;. The molecule has 0 fully saturated rings. The molecule has 150 valence electrons. The first-order valence-corrected chi connectivity index (χ1v) is 9.67. The Bertz CT molecular complexity index is 335. The van der Waals surface area contributed by atoms with Gasteiger partial charge < -0.3 is 15.5 Å². The Labute approximate surface area is 157 Å². The van der Waals surface area contributed by atoms with Gasteiger partial charge in [-0.25, -0.2) is 0 Å². The molecule has 2 unspecified atom stereocenters. The summed E-state index contributed by atoms with van der Waals surface area (Å²) in [7, 11) is 0. The third kappa shape index (κ3) is 25.5. The summed E-state index contributed by atoms with van der Waals surface area (Å²) >= 11 is 0. The van der Waals surface area contributed by atoms with Gasteiger partial charge in [0.1, 0.15) is 0 Å². The summed E-state index contributed by atoms with van der Waals surface area (Å²) in [6.07, 6.45) is 9.77. The highest BCUT2D eigenvalue weighted by Crippen LogP contribution is 2.20. The Morgan fingerprint density at radius 2 is 1.84 bits per heavy atom. The average Bonchev–Trinajstić information content (AvgIpc) is 2.58. The molecule has 2 atom stereocenters. The van der Waals surface area contributed by atoms with Crippen LogP contribution in [-0.4, -0.2) is 35.0 Å². The van der Waals surface area contributed by atoms with Gasteiger partial charge in [0, 0.05) is 12.1 Å². The summed E-state index contributed by atoms with van der Waals surface area (Å²) in [6, 6.07) is 0. The van der Waals surface area contributed by atoms with E-state index in [1.54, 1.807) is 6.08 Å². The van der Waals surface area contributed by atoms with Crippen LogP contribution in [0.1, 0.15) is 74.1 Å². The maximum atomic E-state index is 9.28. The van der Waals surface area contributed by atoms with Crippen LogP contribution >= 0.6 is 0 Å². The minimum atomic E-state index is -0.648. The van der Waals surface area contributed by atoms with Crippen molar-refractivity contribution in [3.05, 3.63) is 37.0 Å². The first-order chi connectivity index (χ1) is 11.7. The van der Waals surface area contributed by atoms with Gasteiger partial charge in [0.25, 0.3) is 0 Å². The predicted octanol–water partition coefficient (Wildman–Crippen LogP) is 5.26. The van der Waals surface area contributed by atoms with E-state index in [0.717, 1.165) is 12.0 Å². The Balaban J connectivity index is -0.000000450. The van der Waals surface area contributed by atoms with Crippen LogP contribution < -0.4 is 5.32 Å². The van der Waals surface area contributed by atoms with Gasteiger partial charge in [0.15, 0.2) is 0 Å². The molecule has 3 N–H and O–H groups in total. The molecule has 3 heteroatoms. The van der Waals surface area contributed by atoms with Crippen molar-refractivity contribution in [2.24, 2.45) is 5.92 Å². The van der Waals surface area contributed by atoms with Crippen molar-refractivity contribution >= 4 is 0 Å². The van der Waals surface area contributed by atoms with Crippen LogP contribution in [0.25, 0.3) is 0 Å². The van der Waals surface area contributed by atoms with Crippen LogP contribution in [0.2, 0.25) is 0 Å². The van der Waals surface area contributed by atoms with E-state index in [4.69, 9.17) is 5.11 Å². The number of unbranched alkanes of at least 4 members (excludes halogenated alkanes) is 1. The highest BCUT2D eigenvalue weighted by Gasteiger charge is 2.21. The Morgan fingerprint density at radius 1 is 1.28 bits per heavy atom.